The van der Waals surface area contributed by atoms with E-state index in [0.29, 0.717) is 47.9 Å². The van der Waals surface area contributed by atoms with Crippen molar-refractivity contribution in [2.24, 2.45) is 5.73 Å². The van der Waals surface area contributed by atoms with Gasteiger partial charge in [-0.2, -0.15) is 0 Å². The lowest BCUT2D eigenvalue weighted by Crippen LogP contribution is -2.29. The number of carbonyl (C=O) groups is 2. The number of nitrogens with zero attached hydrogens (tertiary/aromatic N) is 1. The molecular formula is C28H34N4O4. The largest absolute Gasteiger partial charge is 0.493 e. The van der Waals surface area contributed by atoms with Gasteiger partial charge in [-0.05, 0) is 54.9 Å². The first-order valence-electron chi connectivity index (χ1n) is 11.8. The fourth-order valence-corrected chi connectivity index (χ4v) is 3.77. The number of carbonyl (C=O) groups excluding carboxylic acids is 2. The molecule has 0 heterocycles. The highest BCUT2D eigenvalue weighted by atomic mass is 16.5. The molecule has 0 aromatic heterocycles. The Labute approximate surface area is 212 Å². The molecule has 3 rings (SSSR count). The molecule has 0 radical (unpaired) electrons. The van der Waals surface area contributed by atoms with Crippen molar-refractivity contribution in [1.29, 1.82) is 0 Å². The predicted octanol–water partition coefficient (Wildman–Crippen LogP) is 3.32. The number of benzene rings is 3. The molecule has 0 atom stereocenters. The molecule has 0 saturated carbocycles. The van der Waals surface area contributed by atoms with Crippen LogP contribution in [0.2, 0.25) is 0 Å². The summed E-state index contributed by atoms with van der Waals surface area (Å²) in [6.07, 6.45) is 0.907. The highest BCUT2D eigenvalue weighted by Crippen LogP contribution is 2.28. The van der Waals surface area contributed by atoms with Gasteiger partial charge in [-0.15, -0.1) is 0 Å². The Bertz CT molecular complexity index is 1170. The number of ether oxygens (including phenoxy) is 2. The SMILES string of the molecule is COc1ccc(C(=O)Nc2cc(C(=O)NCCN)ccc2CN(C)CCc2ccccc2)cc1OC. The van der Waals surface area contributed by atoms with Crippen LogP contribution in [0.1, 0.15) is 31.8 Å². The summed E-state index contributed by atoms with van der Waals surface area (Å²) >= 11 is 0. The fourth-order valence-electron chi connectivity index (χ4n) is 3.77. The van der Waals surface area contributed by atoms with E-state index in [1.54, 1.807) is 37.4 Å². The maximum absolute atomic E-state index is 13.1. The van der Waals surface area contributed by atoms with Gasteiger partial charge in [-0.1, -0.05) is 36.4 Å². The Kier molecular flexibility index (Phi) is 9.85. The van der Waals surface area contributed by atoms with Crippen molar-refractivity contribution in [2.45, 2.75) is 13.0 Å². The molecule has 0 aliphatic carbocycles. The van der Waals surface area contributed by atoms with Crippen molar-refractivity contribution in [3.63, 3.8) is 0 Å². The number of nitrogens with two attached hydrogens (primary N) is 1. The van der Waals surface area contributed by atoms with E-state index in [0.717, 1.165) is 18.5 Å². The molecular weight excluding hydrogens is 456 g/mol. The average Bonchev–Trinajstić information content (AvgIpc) is 2.91. The van der Waals surface area contributed by atoms with Gasteiger partial charge in [0.25, 0.3) is 11.8 Å². The molecule has 8 nitrogen and oxygen atoms in total. The Morgan fingerprint density at radius 1 is 0.889 bits per heavy atom. The second kappa shape index (κ2) is 13.3. The lowest BCUT2D eigenvalue weighted by Gasteiger charge is -2.20. The summed E-state index contributed by atoms with van der Waals surface area (Å²) in [6, 6.07) is 20.6. The van der Waals surface area contributed by atoms with E-state index < -0.39 is 0 Å². The summed E-state index contributed by atoms with van der Waals surface area (Å²) in [4.78, 5) is 27.9. The van der Waals surface area contributed by atoms with Crippen LogP contribution in [0.3, 0.4) is 0 Å². The van der Waals surface area contributed by atoms with Gasteiger partial charge in [0.1, 0.15) is 0 Å². The van der Waals surface area contributed by atoms with Gasteiger partial charge < -0.3 is 30.7 Å². The summed E-state index contributed by atoms with van der Waals surface area (Å²) in [5.74, 6) is 0.434. The number of anilines is 1. The molecule has 3 aromatic rings. The smallest absolute Gasteiger partial charge is 0.255 e. The first-order chi connectivity index (χ1) is 17.4. The van der Waals surface area contributed by atoms with E-state index >= 15 is 0 Å². The highest BCUT2D eigenvalue weighted by Gasteiger charge is 2.16. The molecule has 0 saturated heterocycles. The van der Waals surface area contributed by atoms with Gasteiger partial charge in [0.05, 0.1) is 14.2 Å². The zero-order valence-electron chi connectivity index (χ0n) is 21.0. The van der Waals surface area contributed by atoms with Crippen molar-refractivity contribution in [1.82, 2.24) is 10.2 Å². The molecule has 0 unspecified atom stereocenters. The molecule has 0 aliphatic rings. The van der Waals surface area contributed by atoms with Crippen LogP contribution in [-0.2, 0) is 13.0 Å². The van der Waals surface area contributed by atoms with Crippen molar-refractivity contribution in [3.05, 3.63) is 89.0 Å². The maximum atomic E-state index is 13.1. The third kappa shape index (κ3) is 7.31. The van der Waals surface area contributed by atoms with Crippen LogP contribution < -0.4 is 25.8 Å². The maximum Gasteiger partial charge on any atom is 0.255 e. The summed E-state index contributed by atoms with van der Waals surface area (Å²) in [5.41, 5.74) is 9.10. The topological polar surface area (TPSA) is 106 Å². The number of likely N-dealkylation sites (N-methyl/N-ethyl adjacent to an activating group) is 1. The Hall–Kier alpha value is -3.88. The molecule has 3 aromatic carbocycles. The Balaban J connectivity index is 1.82. The zero-order valence-corrected chi connectivity index (χ0v) is 21.0. The van der Waals surface area contributed by atoms with Crippen molar-refractivity contribution in [3.8, 4) is 11.5 Å². The summed E-state index contributed by atoms with van der Waals surface area (Å²) < 4.78 is 10.6. The molecule has 4 N–H and O–H groups in total. The van der Waals surface area contributed by atoms with Crippen LogP contribution in [0, 0.1) is 0 Å². The van der Waals surface area contributed by atoms with Gasteiger partial charge in [0, 0.05) is 43.0 Å². The molecule has 0 aliphatic heterocycles. The average molecular weight is 491 g/mol. The number of nitrogens with one attached hydrogen (secondary N) is 2. The van der Waals surface area contributed by atoms with Crippen LogP contribution in [0.4, 0.5) is 5.69 Å². The van der Waals surface area contributed by atoms with Crippen LogP contribution in [0.5, 0.6) is 11.5 Å². The lowest BCUT2D eigenvalue weighted by atomic mass is 10.1. The summed E-state index contributed by atoms with van der Waals surface area (Å²) in [7, 11) is 5.09. The van der Waals surface area contributed by atoms with E-state index in [1.165, 1.54) is 12.7 Å². The van der Waals surface area contributed by atoms with Gasteiger partial charge >= 0.3 is 0 Å². The molecule has 190 valence electrons. The summed E-state index contributed by atoms with van der Waals surface area (Å²) in [6.45, 7) is 2.15. The van der Waals surface area contributed by atoms with Crippen molar-refractivity contribution >= 4 is 17.5 Å². The molecule has 0 spiro atoms. The van der Waals surface area contributed by atoms with E-state index in [9.17, 15) is 9.59 Å². The number of methoxy groups -OCH3 is 2. The van der Waals surface area contributed by atoms with E-state index in [4.69, 9.17) is 15.2 Å². The van der Waals surface area contributed by atoms with Gasteiger partial charge in [-0.3, -0.25) is 9.59 Å². The summed E-state index contributed by atoms with van der Waals surface area (Å²) in [5, 5.41) is 5.75. The second-order valence-electron chi connectivity index (χ2n) is 8.41. The number of hydrogen-bond acceptors (Lipinski definition) is 6. The van der Waals surface area contributed by atoms with Crippen molar-refractivity contribution in [2.75, 3.05) is 46.2 Å². The number of hydrogen-bond donors (Lipinski definition) is 3. The lowest BCUT2D eigenvalue weighted by molar-refractivity contribution is 0.0953. The molecule has 2 amide bonds. The number of rotatable bonds is 12. The minimum atomic E-state index is -0.316. The minimum absolute atomic E-state index is 0.244. The molecule has 0 fully saturated rings. The monoisotopic (exact) mass is 490 g/mol. The quantitative estimate of drug-likeness (QED) is 0.360. The van der Waals surface area contributed by atoms with Gasteiger partial charge in [-0.25, -0.2) is 0 Å². The minimum Gasteiger partial charge on any atom is -0.493 e. The normalized spacial score (nSPS) is 10.7. The van der Waals surface area contributed by atoms with Crippen LogP contribution in [-0.4, -0.2) is 57.6 Å². The second-order valence-corrected chi connectivity index (χ2v) is 8.41. The predicted molar refractivity (Wildman–Crippen MR) is 142 cm³/mol. The third-order valence-corrected chi connectivity index (χ3v) is 5.76. The standard InChI is InChI=1S/C28H34N4O4/c1-32(16-13-20-7-5-4-6-8-20)19-23-10-9-21(27(33)30-15-14-29)17-24(23)31-28(34)22-11-12-25(35-2)26(18-22)36-3/h4-12,17-18H,13-16,19,29H2,1-3H3,(H,30,33)(H,31,34). The Morgan fingerprint density at radius 2 is 1.58 bits per heavy atom. The molecule has 36 heavy (non-hydrogen) atoms. The first kappa shape index (κ1) is 26.7. The first-order valence-corrected chi connectivity index (χ1v) is 11.8. The van der Waals surface area contributed by atoms with Crippen LogP contribution in [0.25, 0.3) is 0 Å². The van der Waals surface area contributed by atoms with E-state index in [-0.39, 0.29) is 11.8 Å². The highest BCUT2D eigenvalue weighted by molar-refractivity contribution is 6.06. The van der Waals surface area contributed by atoms with Crippen LogP contribution in [0.15, 0.2) is 66.7 Å². The van der Waals surface area contributed by atoms with Gasteiger partial charge in [0.2, 0.25) is 0 Å². The fraction of sp³-hybridized carbons (Fsp3) is 0.286. The zero-order chi connectivity index (χ0) is 25.9. The van der Waals surface area contributed by atoms with Crippen molar-refractivity contribution < 1.29 is 19.1 Å². The molecule has 0 bridgehead atoms. The number of amides is 2. The van der Waals surface area contributed by atoms with Crippen LogP contribution >= 0.6 is 0 Å². The van der Waals surface area contributed by atoms with E-state index in [2.05, 4.69) is 27.7 Å². The Morgan fingerprint density at radius 3 is 2.28 bits per heavy atom. The molecule has 8 heteroatoms. The van der Waals surface area contributed by atoms with Gasteiger partial charge in [0.15, 0.2) is 11.5 Å². The third-order valence-electron chi connectivity index (χ3n) is 5.76. The van der Waals surface area contributed by atoms with E-state index in [1.807, 2.05) is 31.3 Å².